The van der Waals surface area contributed by atoms with Crippen LogP contribution in [0.4, 0.5) is 10.1 Å². The number of nitrogens with zero attached hydrogens (tertiary/aromatic N) is 2. The van der Waals surface area contributed by atoms with Gasteiger partial charge in [-0.1, -0.05) is 0 Å². The van der Waals surface area contributed by atoms with Gasteiger partial charge in [-0.05, 0) is 49.0 Å². The molecule has 93 valence electrons. The normalized spacial score (nSPS) is 26.3. The predicted molar refractivity (Wildman–Crippen MR) is 71.8 cm³/mol. The molecule has 2 rings (SSSR count). The third-order valence-corrected chi connectivity index (χ3v) is 4.15. The molecule has 2 atom stereocenters. The zero-order valence-corrected chi connectivity index (χ0v) is 12.0. The first-order valence-corrected chi connectivity index (χ1v) is 6.62. The molecule has 1 aliphatic heterocycles. The molecular weight excluding hydrogens is 283 g/mol. The van der Waals surface area contributed by atoms with Gasteiger partial charge in [0.2, 0.25) is 0 Å². The van der Waals surface area contributed by atoms with Crippen molar-refractivity contribution < 1.29 is 4.39 Å². The molecule has 0 bridgehead atoms. The maximum atomic E-state index is 13.5. The van der Waals surface area contributed by atoms with E-state index in [-0.39, 0.29) is 5.82 Å². The van der Waals surface area contributed by atoms with Gasteiger partial charge in [0.25, 0.3) is 0 Å². The van der Waals surface area contributed by atoms with Gasteiger partial charge in [0.05, 0.1) is 4.47 Å². The zero-order valence-electron chi connectivity index (χ0n) is 10.4. The van der Waals surface area contributed by atoms with Crippen LogP contribution in [0.1, 0.15) is 13.8 Å². The number of anilines is 1. The Morgan fingerprint density at radius 1 is 1.35 bits per heavy atom. The van der Waals surface area contributed by atoms with E-state index in [0.29, 0.717) is 16.6 Å². The highest BCUT2D eigenvalue weighted by atomic mass is 79.9. The Bertz CT molecular complexity index is 398. The molecule has 4 heteroatoms. The van der Waals surface area contributed by atoms with E-state index >= 15 is 0 Å². The standard InChI is InChI=1S/C13H17BrFN2/c1-9-7-17(8-10(2)16(9)3)11-4-5-12(14)13(15)6-11/h5-6,9-10H,7-8H2,1-3H3/t9-,10+. The van der Waals surface area contributed by atoms with Crippen molar-refractivity contribution in [2.75, 3.05) is 25.0 Å². The monoisotopic (exact) mass is 299 g/mol. The van der Waals surface area contributed by atoms with Crippen molar-refractivity contribution in [1.82, 2.24) is 4.90 Å². The molecule has 0 aromatic heterocycles. The SMILES string of the molecule is C[C@@H]1CN(c2[c]cc(Br)c(F)c2)C[C@H](C)N1C. The van der Waals surface area contributed by atoms with Gasteiger partial charge in [0.15, 0.2) is 0 Å². The van der Waals surface area contributed by atoms with Crippen LogP contribution >= 0.6 is 15.9 Å². The van der Waals surface area contributed by atoms with E-state index in [1.54, 1.807) is 12.1 Å². The Balaban J connectivity index is 2.20. The Hall–Kier alpha value is -0.610. The van der Waals surface area contributed by atoms with Gasteiger partial charge < -0.3 is 4.90 Å². The average molecular weight is 300 g/mol. The van der Waals surface area contributed by atoms with Crippen LogP contribution in [0.15, 0.2) is 16.6 Å². The number of halogens is 2. The maximum absolute atomic E-state index is 13.5. The van der Waals surface area contributed by atoms with Gasteiger partial charge >= 0.3 is 0 Å². The smallest absolute Gasteiger partial charge is 0.139 e. The molecule has 0 unspecified atom stereocenters. The summed E-state index contributed by atoms with van der Waals surface area (Å²) in [6.07, 6.45) is 0. The highest BCUT2D eigenvalue weighted by molar-refractivity contribution is 9.10. The molecule has 0 saturated carbocycles. The first kappa shape index (κ1) is 12.8. The van der Waals surface area contributed by atoms with E-state index in [9.17, 15) is 4.39 Å². The topological polar surface area (TPSA) is 6.48 Å². The Morgan fingerprint density at radius 2 is 1.94 bits per heavy atom. The van der Waals surface area contributed by atoms with Crippen LogP contribution in [-0.4, -0.2) is 37.1 Å². The van der Waals surface area contributed by atoms with E-state index in [1.165, 1.54) is 0 Å². The molecule has 1 saturated heterocycles. The van der Waals surface area contributed by atoms with E-state index in [1.807, 2.05) is 0 Å². The number of benzene rings is 1. The van der Waals surface area contributed by atoms with Crippen LogP contribution in [0.2, 0.25) is 0 Å². The first-order valence-electron chi connectivity index (χ1n) is 5.82. The molecule has 1 aliphatic rings. The summed E-state index contributed by atoms with van der Waals surface area (Å²) in [6.45, 7) is 6.21. The minimum Gasteiger partial charge on any atom is -0.368 e. The fourth-order valence-electron chi connectivity index (χ4n) is 2.22. The Kier molecular flexibility index (Phi) is 3.73. The molecule has 1 heterocycles. The minimum atomic E-state index is -0.224. The molecule has 1 fully saturated rings. The number of rotatable bonds is 1. The summed E-state index contributed by atoms with van der Waals surface area (Å²) in [5.41, 5.74) is 0.845. The third kappa shape index (κ3) is 2.63. The molecule has 1 aromatic carbocycles. The third-order valence-electron chi connectivity index (χ3n) is 3.54. The molecule has 2 nitrogen and oxygen atoms in total. The van der Waals surface area contributed by atoms with Crippen molar-refractivity contribution >= 4 is 21.6 Å². The summed E-state index contributed by atoms with van der Waals surface area (Å²) in [6, 6.07) is 7.27. The van der Waals surface area contributed by atoms with Crippen LogP contribution < -0.4 is 4.90 Å². The summed E-state index contributed by atoms with van der Waals surface area (Å²) < 4.78 is 14.0. The molecule has 0 aliphatic carbocycles. The van der Waals surface area contributed by atoms with Crippen molar-refractivity contribution in [3.8, 4) is 0 Å². The van der Waals surface area contributed by atoms with E-state index in [0.717, 1.165) is 18.8 Å². The van der Waals surface area contributed by atoms with Crippen molar-refractivity contribution in [1.29, 1.82) is 0 Å². The minimum absolute atomic E-state index is 0.224. The van der Waals surface area contributed by atoms with Crippen LogP contribution in [0.25, 0.3) is 0 Å². The number of likely N-dealkylation sites (N-methyl/N-ethyl adjacent to an activating group) is 1. The second-order valence-corrected chi connectivity index (χ2v) is 5.64. The highest BCUT2D eigenvalue weighted by Gasteiger charge is 2.26. The van der Waals surface area contributed by atoms with Crippen LogP contribution in [-0.2, 0) is 0 Å². The summed E-state index contributed by atoms with van der Waals surface area (Å²) >= 11 is 3.15. The zero-order chi connectivity index (χ0) is 12.6. The molecule has 0 N–H and O–H groups in total. The van der Waals surface area contributed by atoms with Gasteiger partial charge in [-0.15, -0.1) is 0 Å². The van der Waals surface area contributed by atoms with Gasteiger partial charge in [0.1, 0.15) is 5.82 Å². The van der Waals surface area contributed by atoms with Crippen molar-refractivity contribution in [2.45, 2.75) is 25.9 Å². The van der Waals surface area contributed by atoms with E-state index < -0.39 is 0 Å². The molecule has 1 aromatic rings. The lowest BCUT2D eigenvalue weighted by molar-refractivity contribution is 0.170. The van der Waals surface area contributed by atoms with Gasteiger partial charge in [-0.2, -0.15) is 0 Å². The van der Waals surface area contributed by atoms with Gasteiger partial charge in [-0.3, -0.25) is 4.90 Å². The van der Waals surface area contributed by atoms with Crippen molar-refractivity contribution in [3.63, 3.8) is 0 Å². The molecule has 0 amide bonds. The second-order valence-electron chi connectivity index (χ2n) is 4.78. The van der Waals surface area contributed by atoms with E-state index in [2.05, 4.69) is 52.7 Å². The van der Waals surface area contributed by atoms with Gasteiger partial charge in [0, 0.05) is 36.9 Å². The number of piperazine rings is 1. The molecular formula is C13H17BrFN2. The van der Waals surface area contributed by atoms with Crippen LogP contribution in [0.3, 0.4) is 0 Å². The lowest BCUT2D eigenvalue weighted by Crippen LogP contribution is -2.55. The van der Waals surface area contributed by atoms with Crippen LogP contribution in [0, 0.1) is 11.9 Å². The number of hydrogen-bond donors (Lipinski definition) is 0. The lowest BCUT2D eigenvalue weighted by atomic mass is 10.1. The van der Waals surface area contributed by atoms with Crippen molar-refractivity contribution in [2.24, 2.45) is 0 Å². The van der Waals surface area contributed by atoms with Crippen LogP contribution in [0.5, 0.6) is 0 Å². The van der Waals surface area contributed by atoms with Gasteiger partial charge in [-0.25, -0.2) is 4.39 Å². The molecule has 0 spiro atoms. The second kappa shape index (κ2) is 4.94. The fraction of sp³-hybridized carbons (Fsp3) is 0.538. The summed E-state index contributed by atoms with van der Waals surface area (Å²) in [5.74, 6) is -0.224. The predicted octanol–water partition coefficient (Wildman–Crippen LogP) is 2.92. The Morgan fingerprint density at radius 3 is 2.47 bits per heavy atom. The highest BCUT2D eigenvalue weighted by Crippen LogP contribution is 2.25. The summed E-state index contributed by atoms with van der Waals surface area (Å²) in [7, 11) is 2.14. The number of hydrogen-bond acceptors (Lipinski definition) is 2. The molecule has 17 heavy (non-hydrogen) atoms. The largest absolute Gasteiger partial charge is 0.368 e. The Labute approximate surface area is 111 Å². The average Bonchev–Trinajstić information content (AvgIpc) is 2.29. The maximum Gasteiger partial charge on any atom is 0.139 e. The first-order chi connectivity index (χ1) is 7.99. The lowest BCUT2D eigenvalue weighted by Gasteiger charge is -2.43. The van der Waals surface area contributed by atoms with Crippen molar-refractivity contribution in [3.05, 3.63) is 28.5 Å². The summed E-state index contributed by atoms with van der Waals surface area (Å²) in [5, 5.41) is 0. The summed E-state index contributed by atoms with van der Waals surface area (Å²) in [4.78, 5) is 4.55. The fourth-order valence-corrected chi connectivity index (χ4v) is 2.45. The van der Waals surface area contributed by atoms with E-state index in [4.69, 9.17) is 0 Å². The molecule has 1 radical (unpaired) electrons. The quantitative estimate of drug-likeness (QED) is 0.787.